The topological polar surface area (TPSA) is 78.5 Å². The number of carbonyl (C=O) groups excluding carboxylic acids is 3. The van der Waals surface area contributed by atoms with Crippen molar-refractivity contribution in [2.45, 2.75) is 36.8 Å². The summed E-state index contributed by atoms with van der Waals surface area (Å²) in [6.07, 6.45) is 1.51. The first-order valence-electron chi connectivity index (χ1n) is 12.4. The Hall–Kier alpha value is -3.19. The molecule has 4 atom stereocenters. The van der Waals surface area contributed by atoms with Crippen LogP contribution in [0, 0.1) is 12.8 Å². The van der Waals surface area contributed by atoms with Gasteiger partial charge in [0, 0.05) is 33.6 Å². The van der Waals surface area contributed by atoms with Gasteiger partial charge in [0.05, 0.1) is 10.9 Å². The van der Waals surface area contributed by atoms with Gasteiger partial charge < -0.3 is 10.6 Å². The van der Waals surface area contributed by atoms with Gasteiger partial charge in [-0.1, -0.05) is 59.6 Å². The number of fused-ring (bicyclic) bond motifs is 7. The number of Topliss-reactive ketones (excluding diaryl/α,β-unsaturated/α-hetero) is 1. The number of carbonyl (C=O) groups is 3. The third-order valence-corrected chi connectivity index (χ3v) is 9.38. The number of nitrogens with zero attached hydrogens (tertiary/aromatic N) is 1. The molecule has 3 aromatic rings. The molecule has 2 spiro atoms. The first-order valence-corrected chi connectivity index (χ1v) is 13.2. The van der Waals surface area contributed by atoms with Crippen molar-refractivity contribution in [2.75, 3.05) is 17.2 Å². The number of nitrogens with one attached hydrogen (secondary N) is 2. The van der Waals surface area contributed by atoms with Crippen LogP contribution in [0.2, 0.25) is 10.0 Å². The predicted molar refractivity (Wildman–Crippen MR) is 142 cm³/mol. The lowest BCUT2D eigenvalue weighted by Crippen LogP contribution is -2.55. The summed E-state index contributed by atoms with van der Waals surface area (Å²) in [6, 6.07) is 17.7. The van der Waals surface area contributed by atoms with Crippen LogP contribution in [-0.2, 0) is 20.5 Å². The lowest BCUT2D eigenvalue weighted by molar-refractivity contribution is -0.128. The maximum Gasteiger partial charge on any atom is 0.250 e. The van der Waals surface area contributed by atoms with Gasteiger partial charge in [0.25, 0.3) is 0 Å². The predicted octanol–water partition coefficient (Wildman–Crippen LogP) is 5.32. The van der Waals surface area contributed by atoms with Crippen molar-refractivity contribution < 1.29 is 14.4 Å². The zero-order valence-electron chi connectivity index (χ0n) is 20.0. The van der Waals surface area contributed by atoms with Crippen molar-refractivity contribution in [3.05, 3.63) is 93.0 Å². The molecule has 8 heteroatoms. The Labute approximate surface area is 223 Å². The van der Waals surface area contributed by atoms with E-state index in [1.807, 2.05) is 49.4 Å². The first-order chi connectivity index (χ1) is 17.8. The first kappa shape index (κ1) is 23.0. The second-order valence-corrected chi connectivity index (χ2v) is 11.2. The van der Waals surface area contributed by atoms with Gasteiger partial charge in [0.2, 0.25) is 11.8 Å². The minimum Gasteiger partial charge on any atom is -0.325 e. The van der Waals surface area contributed by atoms with E-state index in [0.29, 0.717) is 29.4 Å². The van der Waals surface area contributed by atoms with Crippen molar-refractivity contribution in [3.63, 3.8) is 0 Å². The van der Waals surface area contributed by atoms with Gasteiger partial charge in [-0.2, -0.15) is 0 Å². The molecule has 0 bridgehead atoms. The van der Waals surface area contributed by atoms with Crippen LogP contribution in [0.1, 0.15) is 39.9 Å². The highest BCUT2D eigenvalue weighted by molar-refractivity contribution is 6.37. The van der Waals surface area contributed by atoms with E-state index >= 15 is 0 Å². The Morgan fingerprint density at radius 2 is 1.76 bits per heavy atom. The van der Waals surface area contributed by atoms with Crippen molar-refractivity contribution in [2.24, 2.45) is 5.92 Å². The van der Waals surface area contributed by atoms with Gasteiger partial charge in [-0.25, -0.2) is 0 Å². The quantitative estimate of drug-likeness (QED) is 0.439. The number of hydrogen-bond donors (Lipinski definition) is 2. The lowest BCUT2D eigenvalue weighted by atomic mass is 9.60. The molecule has 2 fully saturated rings. The van der Waals surface area contributed by atoms with Crippen LogP contribution in [0.25, 0.3) is 0 Å². The SMILES string of the molecule is Cc1cccc2c1NC(=O)C21C(C(=O)c2ccc(Cl)cc2Cl)C2(C(=O)Nc3ccccc32)C2CCCN21. The smallest absolute Gasteiger partial charge is 0.250 e. The maximum atomic E-state index is 14.8. The average molecular weight is 532 g/mol. The highest BCUT2D eigenvalue weighted by atomic mass is 35.5. The van der Waals surface area contributed by atoms with E-state index in [-0.39, 0.29) is 34.2 Å². The van der Waals surface area contributed by atoms with Gasteiger partial charge in [-0.15, -0.1) is 0 Å². The number of ketones is 1. The van der Waals surface area contributed by atoms with Crippen molar-refractivity contribution in [3.8, 4) is 0 Å². The van der Waals surface area contributed by atoms with Crippen LogP contribution in [-0.4, -0.2) is 35.1 Å². The van der Waals surface area contributed by atoms with E-state index in [0.717, 1.165) is 23.1 Å². The Morgan fingerprint density at radius 3 is 2.57 bits per heavy atom. The Bertz CT molecular complexity index is 1560. The molecular formula is C29H23Cl2N3O3. The molecule has 0 aliphatic carbocycles. The molecule has 2 amide bonds. The lowest BCUT2D eigenvalue weighted by Gasteiger charge is -2.38. The number of para-hydroxylation sites is 2. The molecule has 4 heterocycles. The molecule has 7 rings (SSSR count). The van der Waals surface area contributed by atoms with Gasteiger partial charge >= 0.3 is 0 Å². The zero-order chi connectivity index (χ0) is 25.7. The van der Waals surface area contributed by atoms with Crippen LogP contribution in [0.15, 0.2) is 60.7 Å². The molecule has 4 unspecified atom stereocenters. The highest BCUT2D eigenvalue weighted by Gasteiger charge is 2.78. The van der Waals surface area contributed by atoms with E-state index in [2.05, 4.69) is 15.5 Å². The highest BCUT2D eigenvalue weighted by Crippen LogP contribution is 2.66. The summed E-state index contributed by atoms with van der Waals surface area (Å²) in [5.74, 6) is -1.91. The summed E-state index contributed by atoms with van der Waals surface area (Å²) in [7, 11) is 0. The molecule has 2 saturated heterocycles. The molecule has 3 aromatic carbocycles. The Kier molecular flexibility index (Phi) is 4.76. The van der Waals surface area contributed by atoms with E-state index in [4.69, 9.17) is 23.2 Å². The Morgan fingerprint density at radius 1 is 0.973 bits per heavy atom. The third kappa shape index (κ3) is 2.63. The summed E-state index contributed by atoms with van der Waals surface area (Å²) in [4.78, 5) is 45.5. The van der Waals surface area contributed by atoms with Crippen LogP contribution in [0.5, 0.6) is 0 Å². The minimum atomic E-state index is -1.36. The molecule has 0 saturated carbocycles. The standard InChI is InChI=1S/C29H23Cl2N3O3/c1-15-6-4-8-19-23(15)33-27(37)29(19)25(24(35)17-12-11-16(30)14-20(17)31)28(22-10-5-13-34(22)29)18-7-2-3-9-21(18)32-26(28)36/h2-4,6-9,11-12,14,22,25H,5,10,13H2,1H3,(H,32,36)(H,33,37). The molecular weight excluding hydrogens is 509 g/mol. The van der Waals surface area contributed by atoms with Gasteiger partial charge in [0.15, 0.2) is 5.78 Å². The molecule has 37 heavy (non-hydrogen) atoms. The maximum absolute atomic E-state index is 14.8. The van der Waals surface area contributed by atoms with Crippen LogP contribution in [0.4, 0.5) is 11.4 Å². The number of benzene rings is 3. The number of anilines is 2. The fraction of sp³-hybridized carbons (Fsp3) is 0.276. The molecule has 4 aliphatic rings. The van der Waals surface area contributed by atoms with E-state index in [1.165, 1.54) is 6.07 Å². The summed E-state index contributed by atoms with van der Waals surface area (Å²) in [5.41, 5.74) is 1.41. The van der Waals surface area contributed by atoms with Crippen LogP contribution >= 0.6 is 23.2 Å². The molecule has 0 radical (unpaired) electrons. The Balaban J connectivity index is 1.60. The van der Waals surface area contributed by atoms with E-state index < -0.39 is 16.9 Å². The summed E-state index contributed by atoms with van der Waals surface area (Å²) in [5, 5.41) is 6.76. The average Bonchev–Trinajstić information content (AvgIpc) is 3.59. The van der Waals surface area contributed by atoms with Gasteiger partial charge in [0.1, 0.15) is 11.0 Å². The monoisotopic (exact) mass is 531 g/mol. The number of rotatable bonds is 2. The van der Waals surface area contributed by atoms with Crippen molar-refractivity contribution >= 4 is 52.2 Å². The largest absolute Gasteiger partial charge is 0.325 e. The van der Waals surface area contributed by atoms with Crippen LogP contribution in [0.3, 0.4) is 0 Å². The molecule has 4 aliphatic heterocycles. The zero-order valence-corrected chi connectivity index (χ0v) is 21.5. The van der Waals surface area contributed by atoms with Crippen molar-refractivity contribution in [1.29, 1.82) is 0 Å². The molecule has 6 nitrogen and oxygen atoms in total. The fourth-order valence-corrected chi connectivity index (χ4v) is 8.07. The normalized spacial score (nSPS) is 29.4. The fourth-order valence-electron chi connectivity index (χ4n) is 7.56. The van der Waals surface area contributed by atoms with E-state index in [9.17, 15) is 14.4 Å². The number of halogens is 2. The number of amides is 2. The second-order valence-electron chi connectivity index (χ2n) is 10.4. The summed E-state index contributed by atoms with van der Waals surface area (Å²) >= 11 is 12.8. The molecule has 2 N–H and O–H groups in total. The molecule has 0 aromatic heterocycles. The number of aryl methyl sites for hydroxylation is 1. The van der Waals surface area contributed by atoms with Crippen molar-refractivity contribution in [1.82, 2.24) is 4.90 Å². The summed E-state index contributed by atoms with van der Waals surface area (Å²) < 4.78 is 0. The van der Waals surface area contributed by atoms with E-state index in [1.54, 1.807) is 12.1 Å². The van der Waals surface area contributed by atoms with Crippen LogP contribution < -0.4 is 10.6 Å². The minimum absolute atomic E-state index is 0.199. The third-order valence-electron chi connectivity index (χ3n) is 8.83. The number of hydrogen-bond acceptors (Lipinski definition) is 4. The van der Waals surface area contributed by atoms with Gasteiger partial charge in [-0.05, 0) is 61.7 Å². The molecule has 186 valence electrons. The summed E-state index contributed by atoms with van der Waals surface area (Å²) in [6.45, 7) is 2.54. The van der Waals surface area contributed by atoms with Gasteiger partial charge in [-0.3, -0.25) is 19.3 Å². The second kappa shape index (κ2) is 7.67.